The monoisotopic (exact) mass is 377 g/mol. The lowest BCUT2D eigenvalue weighted by molar-refractivity contribution is -0.154. The summed E-state index contributed by atoms with van der Waals surface area (Å²) in [6.45, 7) is 3.14. The first-order valence-electron chi connectivity index (χ1n) is 9.20. The zero-order valence-corrected chi connectivity index (χ0v) is 15.9. The maximum absolute atomic E-state index is 12.2. The summed E-state index contributed by atoms with van der Waals surface area (Å²) in [7, 11) is 0. The van der Waals surface area contributed by atoms with Crippen LogP contribution in [0.3, 0.4) is 0 Å². The second kappa shape index (κ2) is 9.04. The van der Waals surface area contributed by atoms with E-state index < -0.39 is 12.1 Å². The van der Waals surface area contributed by atoms with Gasteiger partial charge >= 0.3 is 5.97 Å². The Balaban J connectivity index is 1.53. The fourth-order valence-corrected chi connectivity index (χ4v) is 2.99. The van der Waals surface area contributed by atoms with Crippen LogP contribution in [0.5, 0.6) is 5.75 Å². The smallest absolute Gasteiger partial charge is 0.347 e. The first-order chi connectivity index (χ1) is 13.5. The maximum atomic E-state index is 12.2. The topological polar surface area (TPSA) is 64.6 Å². The van der Waals surface area contributed by atoms with Crippen LogP contribution < -0.4 is 10.1 Å². The van der Waals surface area contributed by atoms with Gasteiger partial charge in [0.1, 0.15) is 5.75 Å². The van der Waals surface area contributed by atoms with E-state index in [2.05, 4.69) is 5.32 Å². The van der Waals surface area contributed by atoms with Gasteiger partial charge in [-0.05, 0) is 42.3 Å². The molecule has 144 valence electrons. The Morgan fingerprint density at radius 1 is 0.893 bits per heavy atom. The van der Waals surface area contributed by atoms with E-state index in [1.807, 2.05) is 67.6 Å². The molecule has 28 heavy (non-hydrogen) atoms. The quantitative estimate of drug-likeness (QED) is 0.632. The molecule has 3 aromatic rings. The summed E-state index contributed by atoms with van der Waals surface area (Å²) in [5.41, 5.74) is 1.01. The summed E-state index contributed by atoms with van der Waals surface area (Å²) in [6, 6.07) is 22.8. The zero-order valence-electron chi connectivity index (χ0n) is 15.9. The van der Waals surface area contributed by atoms with E-state index in [1.165, 1.54) is 0 Å². The summed E-state index contributed by atoms with van der Waals surface area (Å²) in [5.74, 6) is -0.376. The molecule has 5 heteroatoms. The molecule has 0 bridgehead atoms. The zero-order chi connectivity index (χ0) is 19.9. The molecule has 1 N–H and O–H groups in total. The van der Waals surface area contributed by atoms with E-state index in [0.29, 0.717) is 5.75 Å². The Bertz CT molecular complexity index is 950. The van der Waals surface area contributed by atoms with E-state index in [0.717, 1.165) is 16.3 Å². The van der Waals surface area contributed by atoms with Crippen molar-refractivity contribution < 1.29 is 19.1 Å². The van der Waals surface area contributed by atoms with Gasteiger partial charge in [0.05, 0.1) is 6.04 Å². The molecule has 0 aliphatic carbocycles. The van der Waals surface area contributed by atoms with Gasteiger partial charge in [-0.15, -0.1) is 0 Å². The molecule has 0 unspecified atom stereocenters. The van der Waals surface area contributed by atoms with Gasteiger partial charge in [-0.3, -0.25) is 4.79 Å². The van der Waals surface area contributed by atoms with Crippen molar-refractivity contribution in [3.63, 3.8) is 0 Å². The molecule has 2 atom stereocenters. The molecule has 0 saturated heterocycles. The van der Waals surface area contributed by atoms with E-state index in [4.69, 9.17) is 9.47 Å². The Kier molecular flexibility index (Phi) is 6.27. The van der Waals surface area contributed by atoms with Crippen LogP contribution in [0.15, 0.2) is 72.8 Å². The number of esters is 1. The van der Waals surface area contributed by atoms with Crippen LogP contribution in [-0.2, 0) is 14.3 Å². The van der Waals surface area contributed by atoms with Crippen LogP contribution in [0.25, 0.3) is 10.8 Å². The van der Waals surface area contributed by atoms with Crippen molar-refractivity contribution in [1.82, 2.24) is 5.32 Å². The van der Waals surface area contributed by atoms with Crippen molar-refractivity contribution in [2.24, 2.45) is 0 Å². The van der Waals surface area contributed by atoms with Gasteiger partial charge in [-0.1, -0.05) is 60.7 Å². The number of para-hydroxylation sites is 1. The minimum Gasteiger partial charge on any atom is -0.479 e. The molecular weight excluding hydrogens is 354 g/mol. The molecule has 0 aliphatic heterocycles. The van der Waals surface area contributed by atoms with Gasteiger partial charge in [0.25, 0.3) is 5.91 Å². The highest BCUT2D eigenvalue weighted by Crippen LogP contribution is 2.23. The summed E-state index contributed by atoms with van der Waals surface area (Å²) in [4.78, 5) is 24.3. The normalized spacial score (nSPS) is 12.8. The molecule has 5 nitrogen and oxygen atoms in total. The lowest BCUT2D eigenvalue weighted by Crippen LogP contribution is -2.34. The highest BCUT2D eigenvalue weighted by atomic mass is 16.6. The predicted octanol–water partition coefficient (Wildman–Crippen LogP) is 4.03. The molecule has 0 heterocycles. The third-order valence-electron chi connectivity index (χ3n) is 4.40. The molecule has 0 saturated carbocycles. The third-order valence-corrected chi connectivity index (χ3v) is 4.40. The molecule has 0 aliphatic rings. The molecule has 0 spiro atoms. The summed E-state index contributed by atoms with van der Waals surface area (Å²) >= 11 is 0. The number of amides is 1. The Morgan fingerprint density at radius 2 is 1.57 bits per heavy atom. The number of ether oxygens (including phenoxy) is 2. The average molecular weight is 377 g/mol. The van der Waals surface area contributed by atoms with Gasteiger partial charge in [-0.25, -0.2) is 4.79 Å². The third kappa shape index (κ3) is 4.88. The Labute approximate surface area is 164 Å². The molecule has 0 fully saturated rings. The maximum Gasteiger partial charge on any atom is 0.347 e. The molecule has 3 aromatic carbocycles. The van der Waals surface area contributed by atoms with Crippen LogP contribution >= 0.6 is 0 Å². The summed E-state index contributed by atoms with van der Waals surface area (Å²) < 4.78 is 10.6. The Morgan fingerprint density at radius 3 is 2.36 bits per heavy atom. The van der Waals surface area contributed by atoms with Crippen LogP contribution in [-0.4, -0.2) is 24.6 Å². The number of nitrogens with one attached hydrogen (secondary N) is 1. The van der Waals surface area contributed by atoms with Crippen molar-refractivity contribution in [3.05, 3.63) is 78.4 Å². The van der Waals surface area contributed by atoms with Crippen molar-refractivity contribution in [1.29, 1.82) is 0 Å². The molecule has 1 amide bonds. The van der Waals surface area contributed by atoms with Crippen molar-refractivity contribution in [2.45, 2.75) is 26.0 Å². The fraction of sp³-hybridized carbons (Fsp3) is 0.217. The lowest BCUT2D eigenvalue weighted by Gasteiger charge is -2.17. The lowest BCUT2D eigenvalue weighted by atomic mass is 10.00. The number of fused-ring (bicyclic) bond motifs is 1. The first kappa shape index (κ1) is 19.4. The van der Waals surface area contributed by atoms with E-state index in [9.17, 15) is 9.59 Å². The standard InChI is InChI=1S/C23H23NO4/c1-16(20-14-8-10-18-9-6-7-13-21(18)20)24-22(25)15-27-23(26)17(2)28-19-11-4-3-5-12-19/h3-14,16-17H,15H2,1-2H3,(H,24,25)/t16-,17-/m1/s1. The largest absolute Gasteiger partial charge is 0.479 e. The summed E-state index contributed by atoms with van der Waals surface area (Å²) in [6.07, 6.45) is -0.800. The van der Waals surface area contributed by atoms with E-state index in [1.54, 1.807) is 19.1 Å². The number of benzene rings is 3. The Hall–Kier alpha value is -3.34. The minimum absolute atomic E-state index is 0.213. The molecular formula is C23H23NO4. The van der Waals surface area contributed by atoms with E-state index in [-0.39, 0.29) is 18.6 Å². The van der Waals surface area contributed by atoms with Gasteiger partial charge in [-0.2, -0.15) is 0 Å². The van der Waals surface area contributed by atoms with Crippen molar-refractivity contribution in [3.8, 4) is 5.75 Å². The SMILES string of the molecule is C[C@@H](Oc1ccccc1)C(=O)OCC(=O)N[C@H](C)c1cccc2ccccc12. The number of hydrogen-bond acceptors (Lipinski definition) is 4. The van der Waals surface area contributed by atoms with Crippen molar-refractivity contribution >= 4 is 22.6 Å². The summed E-state index contributed by atoms with van der Waals surface area (Å²) in [5, 5.41) is 5.07. The average Bonchev–Trinajstić information content (AvgIpc) is 2.72. The van der Waals surface area contributed by atoms with Gasteiger partial charge in [0.15, 0.2) is 12.7 Å². The van der Waals surface area contributed by atoms with Crippen LogP contribution in [0, 0.1) is 0 Å². The number of carbonyl (C=O) groups excluding carboxylic acids is 2. The first-order valence-corrected chi connectivity index (χ1v) is 9.20. The van der Waals surface area contributed by atoms with Crippen LogP contribution in [0.1, 0.15) is 25.5 Å². The van der Waals surface area contributed by atoms with Gasteiger partial charge in [0, 0.05) is 0 Å². The van der Waals surface area contributed by atoms with Gasteiger partial charge in [0.2, 0.25) is 0 Å². The van der Waals surface area contributed by atoms with Crippen molar-refractivity contribution in [2.75, 3.05) is 6.61 Å². The second-order valence-electron chi connectivity index (χ2n) is 6.54. The van der Waals surface area contributed by atoms with Crippen LogP contribution in [0.2, 0.25) is 0 Å². The number of carbonyl (C=O) groups is 2. The molecule has 3 rings (SSSR count). The second-order valence-corrected chi connectivity index (χ2v) is 6.54. The highest BCUT2D eigenvalue weighted by Gasteiger charge is 2.19. The number of hydrogen-bond donors (Lipinski definition) is 1. The van der Waals surface area contributed by atoms with E-state index >= 15 is 0 Å². The predicted molar refractivity (Wildman–Crippen MR) is 108 cm³/mol. The molecule has 0 radical (unpaired) electrons. The fourth-order valence-electron chi connectivity index (χ4n) is 2.99. The number of rotatable bonds is 7. The van der Waals surface area contributed by atoms with Gasteiger partial charge < -0.3 is 14.8 Å². The van der Waals surface area contributed by atoms with Crippen LogP contribution in [0.4, 0.5) is 0 Å². The highest BCUT2D eigenvalue weighted by molar-refractivity contribution is 5.87. The minimum atomic E-state index is -0.800. The molecule has 0 aromatic heterocycles.